The Labute approximate surface area is 115 Å². The van der Waals surface area contributed by atoms with Gasteiger partial charge < -0.3 is 10.5 Å². The van der Waals surface area contributed by atoms with Crippen molar-refractivity contribution in [2.45, 2.75) is 33.4 Å². The van der Waals surface area contributed by atoms with Gasteiger partial charge in [-0.15, -0.1) is 0 Å². The first-order valence-electron chi connectivity index (χ1n) is 6.73. The van der Waals surface area contributed by atoms with E-state index in [0.717, 1.165) is 23.3 Å². The van der Waals surface area contributed by atoms with Gasteiger partial charge in [-0.25, -0.2) is 0 Å². The Kier molecular flexibility index (Phi) is 4.58. The molecule has 0 amide bonds. The molecule has 0 saturated heterocycles. The Balaban J connectivity index is 2.05. The van der Waals surface area contributed by atoms with Crippen molar-refractivity contribution >= 4 is 0 Å². The maximum absolute atomic E-state index is 5.88. The normalized spacial score (nSPS) is 10.5. The molecule has 0 fully saturated rings. The maximum Gasteiger partial charge on any atom is 0.123 e. The van der Waals surface area contributed by atoms with Crippen LogP contribution >= 0.6 is 0 Å². The summed E-state index contributed by atoms with van der Waals surface area (Å²) in [5, 5.41) is 0. The lowest BCUT2D eigenvalue weighted by Gasteiger charge is -2.11. The van der Waals surface area contributed by atoms with Gasteiger partial charge in [0.05, 0.1) is 0 Å². The van der Waals surface area contributed by atoms with Crippen LogP contribution in [0.25, 0.3) is 0 Å². The highest BCUT2D eigenvalue weighted by Crippen LogP contribution is 2.20. The van der Waals surface area contributed by atoms with Crippen LogP contribution in [0.4, 0.5) is 0 Å². The molecule has 0 unspecified atom stereocenters. The highest BCUT2D eigenvalue weighted by Gasteiger charge is 2.02. The van der Waals surface area contributed by atoms with Crippen LogP contribution in [0.15, 0.2) is 42.5 Å². The summed E-state index contributed by atoms with van der Waals surface area (Å²) in [5.41, 5.74) is 10.4. The molecule has 0 aliphatic carbocycles. The summed E-state index contributed by atoms with van der Waals surface area (Å²) >= 11 is 0. The van der Waals surface area contributed by atoms with Gasteiger partial charge in [-0.2, -0.15) is 0 Å². The van der Waals surface area contributed by atoms with E-state index >= 15 is 0 Å². The Bertz CT molecular complexity index is 531. The fraction of sp³-hybridized carbons (Fsp3) is 0.294. The van der Waals surface area contributed by atoms with Crippen LogP contribution in [0.1, 0.15) is 29.2 Å². The van der Waals surface area contributed by atoms with Crippen molar-refractivity contribution in [3.8, 4) is 5.75 Å². The molecule has 2 N–H and O–H groups in total. The van der Waals surface area contributed by atoms with Gasteiger partial charge in [-0.05, 0) is 41.7 Å². The summed E-state index contributed by atoms with van der Waals surface area (Å²) in [6, 6.07) is 14.7. The Morgan fingerprint density at radius 2 is 1.58 bits per heavy atom. The van der Waals surface area contributed by atoms with E-state index in [1.165, 1.54) is 11.1 Å². The van der Waals surface area contributed by atoms with Crippen molar-refractivity contribution in [3.63, 3.8) is 0 Å². The maximum atomic E-state index is 5.88. The number of aryl methyl sites for hydroxylation is 2. The third kappa shape index (κ3) is 3.58. The third-order valence-corrected chi connectivity index (χ3v) is 3.31. The largest absolute Gasteiger partial charge is 0.489 e. The van der Waals surface area contributed by atoms with E-state index in [1.807, 2.05) is 12.1 Å². The lowest BCUT2D eigenvalue weighted by atomic mass is 10.1. The number of hydrogen-bond donors (Lipinski definition) is 1. The minimum absolute atomic E-state index is 0.543. The highest BCUT2D eigenvalue weighted by molar-refractivity contribution is 5.36. The molecule has 19 heavy (non-hydrogen) atoms. The first-order chi connectivity index (χ1) is 9.22. The van der Waals surface area contributed by atoms with Crippen LogP contribution in [-0.4, -0.2) is 0 Å². The van der Waals surface area contributed by atoms with Crippen LogP contribution in [-0.2, 0) is 19.6 Å². The van der Waals surface area contributed by atoms with Crippen molar-refractivity contribution in [2.24, 2.45) is 5.73 Å². The molecule has 2 heteroatoms. The molecule has 0 aromatic heterocycles. The summed E-state index contributed by atoms with van der Waals surface area (Å²) < 4.78 is 5.88. The zero-order valence-electron chi connectivity index (χ0n) is 11.6. The van der Waals surface area contributed by atoms with Crippen molar-refractivity contribution in [1.82, 2.24) is 0 Å². The van der Waals surface area contributed by atoms with Gasteiger partial charge in [0.1, 0.15) is 12.4 Å². The summed E-state index contributed by atoms with van der Waals surface area (Å²) in [4.78, 5) is 0. The molecule has 2 aromatic carbocycles. The smallest absolute Gasteiger partial charge is 0.123 e. The third-order valence-electron chi connectivity index (χ3n) is 3.31. The molecule has 0 aliphatic heterocycles. The van der Waals surface area contributed by atoms with Gasteiger partial charge in [0, 0.05) is 6.54 Å². The molecule has 0 heterocycles. The minimum Gasteiger partial charge on any atom is -0.489 e. The highest BCUT2D eigenvalue weighted by atomic mass is 16.5. The number of ether oxygens (including phenoxy) is 1. The topological polar surface area (TPSA) is 35.2 Å². The predicted octanol–water partition coefficient (Wildman–Crippen LogP) is 3.60. The summed E-state index contributed by atoms with van der Waals surface area (Å²) in [6.07, 6.45) is 1.07. The number of benzene rings is 2. The lowest BCUT2D eigenvalue weighted by Crippen LogP contribution is -2.00. The van der Waals surface area contributed by atoms with Crippen molar-refractivity contribution in [1.29, 1.82) is 0 Å². The van der Waals surface area contributed by atoms with E-state index in [9.17, 15) is 0 Å². The molecule has 100 valence electrons. The van der Waals surface area contributed by atoms with E-state index in [0.29, 0.717) is 13.2 Å². The van der Waals surface area contributed by atoms with Crippen molar-refractivity contribution in [3.05, 3.63) is 64.7 Å². The molecular formula is C17H21NO. The molecule has 0 spiro atoms. The van der Waals surface area contributed by atoms with E-state index in [1.54, 1.807) is 0 Å². The lowest BCUT2D eigenvalue weighted by molar-refractivity contribution is 0.304. The zero-order chi connectivity index (χ0) is 13.7. The molecule has 2 nitrogen and oxygen atoms in total. The van der Waals surface area contributed by atoms with Crippen molar-refractivity contribution in [2.75, 3.05) is 0 Å². The van der Waals surface area contributed by atoms with Crippen LogP contribution in [0, 0.1) is 6.92 Å². The molecule has 0 bridgehead atoms. The molecule has 0 aliphatic rings. The monoisotopic (exact) mass is 255 g/mol. The SMILES string of the molecule is CCc1ccc(COc2cc(CN)ccc2C)cc1. The second kappa shape index (κ2) is 6.39. The summed E-state index contributed by atoms with van der Waals surface area (Å²) in [5.74, 6) is 0.919. The number of nitrogens with two attached hydrogens (primary N) is 1. The van der Waals surface area contributed by atoms with Crippen LogP contribution in [0.5, 0.6) is 5.75 Å². The van der Waals surface area contributed by atoms with Crippen molar-refractivity contribution < 1.29 is 4.74 Å². The van der Waals surface area contributed by atoms with Gasteiger partial charge in [0.15, 0.2) is 0 Å². The van der Waals surface area contributed by atoms with Gasteiger partial charge in [0.25, 0.3) is 0 Å². The molecule has 2 aromatic rings. The quantitative estimate of drug-likeness (QED) is 0.886. The Hall–Kier alpha value is -1.80. The Morgan fingerprint density at radius 3 is 2.21 bits per heavy atom. The fourth-order valence-electron chi connectivity index (χ4n) is 1.96. The minimum atomic E-state index is 0.543. The molecule has 0 atom stereocenters. The second-order valence-electron chi connectivity index (χ2n) is 4.76. The number of hydrogen-bond acceptors (Lipinski definition) is 2. The van der Waals surface area contributed by atoms with E-state index in [-0.39, 0.29) is 0 Å². The van der Waals surface area contributed by atoms with E-state index in [2.05, 4.69) is 44.2 Å². The van der Waals surface area contributed by atoms with Gasteiger partial charge in [-0.3, -0.25) is 0 Å². The Morgan fingerprint density at radius 1 is 0.947 bits per heavy atom. The van der Waals surface area contributed by atoms with Crippen LogP contribution in [0.3, 0.4) is 0 Å². The first-order valence-corrected chi connectivity index (χ1v) is 6.73. The standard InChI is InChI=1S/C17H21NO/c1-3-14-6-8-15(9-7-14)12-19-17-10-16(11-18)5-4-13(17)2/h4-10H,3,11-12,18H2,1-2H3. The fourth-order valence-corrected chi connectivity index (χ4v) is 1.96. The molecule has 0 radical (unpaired) electrons. The average Bonchev–Trinajstić information content (AvgIpc) is 2.47. The zero-order valence-corrected chi connectivity index (χ0v) is 11.6. The summed E-state index contributed by atoms with van der Waals surface area (Å²) in [6.45, 7) is 5.35. The number of rotatable bonds is 5. The van der Waals surface area contributed by atoms with Gasteiger partial charge >= 0.3 is 0 Å². The molecule has 2 rings (SSSR count). The van der Waals surface area contributed by atoms with Crippen LogP contribution in [0.2, 0.25) is 0 Å². The van der Waals surface area contributed by atoms with Gasteiger partial charge in [-0.1, -0.05) is 43.3 Å². The molecule has 0 saturated carbocycles. The average molecular weight is 255 g/mol. The first kappa shape index (κ1) is 13.6. The predicted molar refractivity (Wildman–Crippen MR) is 79.2 cm³/mol. The second-order valence-corrected chi connectivity index (χ2v) is 4.76. The van der Waals surface area contributed by atoms with Crippen LogP contribution < -0.4 is 10.5 Å². The van der Waals surface area contributed by atoms with Gasteiger partial charge in [0.2, 0.25) is 0 Å². The molecular weight excluding hydrogens is 234 g/mol. The van der Waals surface area contributed by atoms with E-state index in [4.69, 9.17) is 10.5 Å². The van der Waals surface area contributed by atoms with E-state index < -0.39 is 0 Å². The summed E-state index contributed by atoms with van der Waals surface area (Å²) in [7, 11) is 0.